The Morgan fingerprint density at radius 1 is 0.957 bits per heavy atom. The molecule has 0 spiro atoms. The van der Waals surface area contributed by atoms with Crippen molar-refractivity contribution in [2.24, 2.45) is 40.9 Å². The summed E-state index contributed by atoms with van der Waals surface area (Å²) in [4.78, 5) is 30.7. The van der Waals surface area contributed by atoms with Crippen LogP contribution in [0.25, 0.3) is 0 Å². The highest BCUT2D eigenvalue weighted by Crippen LogP contribution is 2.47. The van der Waals surface area contributed by atoms with Crippen LogP contribution in [-0.4, -0.2) is 110 Å². The fraction of sp³-hybridized carbons (Fsp3) is 0.946. The van der Waals surface area contributed by atoms with Gasteiger partial charge in [-0.2, -0.15) is 0 Å². The molecule has 3 aliphatic heterocycles. The van der Waals surface area contributed by atoms with Crippen LogP contribution in [0.4, 0.5) is 0 Å². The van der Waals surface area contributed by atoms with Gasteiger partial charge in [0.2, 0.25) is 0 Å². The summed E-state index contributed by atoms with van der Waals surface area (Å²) < 4.78 is 39.2. The summed E-state index contributed by atoms with van der Waals surface area (Å²) in [7, 11) is 5.72. The van der Waals surface area contributed by atoms with Crippen molar-refractivity contribution in [2.75, 3.05) is 34.4 Å². The lowest BCUT2D eigenvalue weighted by Crippen LogP contribution is -2.61. The first kappa shape index (κ1) is 38.7. The smallest absolute Gasteiger partial charge is 0.319 e. The molecule has 3 heterocycles. The summed E-state index contributed by atoms with van der Waals surface area (Å²) >= 11 is 0. The number of rotatable bonds is 5. The van der Waals surface area contributed by atoms with Gasteiger partial charge in [0.25, 0.3) is 0 Å². The molecule has 0 aromatic heterocycles. The number of ether oxygens (including phenoxy) is 6. The highest BCUT2D eigenvalue weighted by Gasteiger charge is 2.56. The molecular weight excluding hydrogens is 602 g/mol. The maximum absolute atomic E-state index is 14.6. The molecule has 0 aromatic carbocycles. The summed E-state index contributed by atoms with van der Waals surface area (Å²) in [6, 6.07) is 0.0393. The number of fused-ring (bicyclic) bond motifs is 6. The van der Waals surface area contributed by atoms with Crippen molar-refractivity contribution in [3.8, 4) is 0 Å². The fourth-order valence-corrected chi connectivity index (χ4v) is 8.69. The number of carbonyl (C=O) groups excluding carboxylic acids is 2. The number of likely N-dealkylation sites (N-methyl/N-ethyl adjacent to an activating group) is 1. The van der Waals surface area contributed by atoms with Crippen molar-refractivity contribution in [3.05, 3.63) is 0 Å². The van der Waals surface area contributed by atoms with Crippen molar-refractivity contribution in [2.45, 2.75) is 149 Å². The molecule has 3 unspecified atom stereocenters. The molecule has 272 valence electrons. The van der Waals surface area contributed by atoms with Gasteiger partial charge in [-0.25, -0.2) is 0 Å². The van der Waals surface area contributed by atoms with Gasteiger partial charge in [-0.15, -0.1) is 0 Å². The zero-order valence-corrected chi connectivity index (χ0v) is 31.4. The molecule has 15 atom stereocenters. The standard InChI is InChI=1S/C37H65NO9/c1-14-28-37(10,41)32-23(5)22(4)20(2)17-36(9,44-19-26-16-25(26)18-43-32)31(24(6)30(39)35(7,8)34(40)46-28)47-33-29(42-13)27(38(11)12)15-21(3)45-33/h20-29,31-33,41H,14-19H2,1-13H3/t20-,21-,22?,23+,24+,25?,26?,27+,28-,29-,31-,32-,33+,36-,37-/m1/s1. The van der Waals surface area contributed by atoms with Crippen LogP contribution in [0.5, 0.6) is 0 Å². The summed E-state index contributed by atoms with van der Waals surface area (Å²) in [5, 5.41) is 12.2. The fourth-order valence-electron chi connectivity index (χ4n) is 8.69. The Labute approximate surface area is 283 Å². The predicted molar refractivity (Wildman–Crippen MR) is 179 cm³/mol. The average molecular weight is 668 g/mol. The number of hydrogen-bond acceptors (Lipinski definition) is 10. The van der Waals surface area contributed by atoms with Crippen molar-refractivity contribution in [1.29, 1.82) is 0 Å². The van der Waals surface area contributed by atoms with Crippen LogP contribution in [0.15, 0.2) is 0 Å². The van der Waals surface area contributed by atoms with Gasteiger partial charge < -0.3 is 38.4 Å². The molecule has 3 saturated heterocycles. The van der Waals surface area contributed by atoms with Gasteiger partial charge in [-0.05, 0) is 104 Å². The molecule has 0 aromatic rings. The molecule has 4 fully saturated rings. The van der Waals surface area contributed by atoms with E-state index in [1.54, 1.807) is 27.9 Å². The second-order valence-corrected chi connectivity index (χ2v) is 16.7. The Hall–Kier alpha value is -1.14. The van der Waals surface area contributed by atoms with E-state index in [2.05, 4.69) is 32.6 Å². The molecule has 1 N–H and O–H groups in total. The molecule has 2 bridgehead atoms. The van der Waals surface area contributed by atoms with E-state index in [0.29, 0.717) is 37.9 Å². The highest BCUT2D eigenvalue weighted by atomic mass is 16.7. The van der Waals surface area contributed by atoms with E-state index in [-0.39, 0.29) is 35.7 Å². The molecule has 1 aliphatic carbocycles. The number of aliphatic hydroxyl groups is 1. The highest BCUT2D eigenvalue weighted by molar-refractivity contribution is 6.04. The van der Waals surface area contributed by atoms with E-state index < -0.39 is 59.2 Å². The van der Waals surface area contributed by atoms with Gasteiger partial charge in [-0.1, -0.05) is 34.6 Å². The van der Waals surface area contributed by atoms with Gasteiger partial charge in [0.05, 0.1) is 37.1 Å². The number of esters is 1. The van der Waals surface area contributed by atoms with Crippen LogP contribution in [0, 0.1) is 40.9 Å². The minimum absolute atomic E-state index is 0.0393. The van der Waals surface area contributed by atoms with Crippen molar-refractivity contribution < 1.29 is 43.1 Å². The molecule has 0 radical (unpaired) electrons. The maximum atomic E-state index is 14.6. The number of methoxy groups -OCH3 is 1. The van der Waals surface area contributed by atoms with Crippen molar-refractivity contribution in [1.82, 2.24) is 4.90 Å². The quantitative estimate of drug-likeness (QED) is 0.322. The second kappa shape index (κ2) is 14.6. The molecular formula is C37H65NO9. The minimum Gasteiger partial charge on any atom is -0.458 e. The predicted octanol–water partition coefficient (Wildman–Crippen LogP) is 4.88. The molecule has 4 aliphatic rings. The summed E-state index contributed by atoms with van der Waals surface area (Å²) in [6.07, 6.45) is -0.758. The number of Topliss-reactive ketones (excluding diaryl/α,β-unsaturated/α-hetero) is 1. The van der Waals surface area contributed by atoms with Crippen molar-refractivity contribution in [3.63, 3.8) is 0 Å². The summed E-state index contributed by atoms with van der Waals surface area (Å²) in [5.74, 6) is -1.05. The number of cyclic esters (lactones) is 1. The number of carbonyl (C=O) groups is 2. The lowest BCUT2D eigenvalue weighted by Gasteiger charge is -2.50. The van der Waals surface area contributed by atoms with Gasteiger partial charge in [-0.3, -0.25) is 9.59 Å². The van der Waals surface area contributed by atoms with E-state index in [1.165, 1.54) is 0 Å². The molecule has 10 heteroatoms. The Morgan fingerprint density at radius 3 is 2.19 bits per heavy atom. The first-order valence-electron chi connectivity index (χ1n) is 18.0. The van der Waals surface area contributed by atoms with Gasteiger partial charge in [0, 0.05) is 19.1 Å². The van der Waals surface area contributed by atoms with Gasteiger partial charge >= 0.3 is 5.97 Å². The van der Waals surface area contributed by atoms with Crippen LogP contribution in [0.2, 0.25) is 0 Å². The van der Waals surface area contributed by atoms with E-state index in [9.17, 15) is 14.7 Å². The minimum atomic E-state index is -1.53. The number of nitrogens with zero attached hydrogens (tertiary/aromatic N) is 1. The lowest BCUT2D eigenvalue weighted by molar-refractivity contribution is -0.302. The first-order chi connectivity index (χ1) is 21.8. The molecule has 0 amide bonds. The van der Waals surface area contributed by atoms with Gasteiger partial charge in [0.1, 0.15) is 23.2 Å². The Morgan fingerprint density at radius 2 is 1.60 bits per heavy atom. The molecule has 10 nitrogen and oxygen atoms in total. The zero-order valence-electron chi connectivity index (χ0n) is 31.4. The largest absolute Gasteiger partial charge is 0.458 e. The average Bonchev–Trinajstić information content (AvgIpc) is 3.76. The van der Waals surface area contributed by atoms with Crippen LogP contribution in [-0.2, 0) is 38.0 Å². The van der Waals surface area contributed by atoms with Crippen molar-refractivity contribution >= 4 is 11.8 Å². The Kier molecular flexibility index (Phi) is 12.0. The number of hydrogen-bond donors (Lipinski definition) is 1. The van der Waals surface area contributed by atoms with E-state index in [0.717, 1.165) is 12.8 Å². The normalized spacial score (nSPS) is 48.4. The van der Waals surface area contributed by atoms with E-state index in [1.807, 2.05) is 34.9 Å². The molecule has 47 heavy (non-hydrogen) atoms. The third-order valence-electron chi connectivity index (χ3n) is 12.4. The third-order valence-corrected chi connectivity index (χ3v) is 12.4. The monoisotopic (exact) mass is 667 g/mol. The first-order valence-corrected chi connectivity index (χ1v) is 18.0. The van der Waals surface area contributed by atoms with Crippen LogP contribution in [0.3, 0.4) is 0 Å². The Bertz CT molecular complexity index is 1100. The third kappa shape index (κ3) is 7.79. The molecule has 4 rings (SSSR count). The lowest BCUT2D eigenvalue weighted by atomic mass is 9.69. The topological polar surface area (TPSA) is 113 Å². The summed E-state index contributed by atoms with van der Waals surface area (Å²) in [6.45, 7) is 20.3. The number of ketones is 1. The van der Waals surface area contributed by atoms with Crippen LogP contribution >= 0.6 is 0 Å². The molecule has 1 saturated carbocycles. The second-order valence-electron chi connectivity index (χ2n) is 16.7. The Balaban J connectivity index is 1.87. The zero-order chi connectivity index (χ0) is 35.2. The maximum Gasteiger partial charge on any atom is 0.319 e. The summed E-state index contributed by atoms with van der Waals surface area (Å²) in [5.41, 5.74) is -3.91. The van der Waals surface area contributed by atoms with Crippen LogP contribution < -0.4 is 0 Å². The SMILES string of the molecule is CC[C@H]1OC(=O)C(C)(C)C(=O)[C@H](C)[C@@H](O[C@@H]2O[C@H](C)C[C@H](N(C)C)[C@H]2OC)[C@@]2(C)C[C@@H](C)C(C)[C@H](C)[C@@H](OCC3CC3CO2)[C@]1(C)O. The van der Waals surface area contributed by atoms with Crippen LogP contribution in [0.1, 0.15) is 94.9 Å². The van der Waals surface area contributed by atoms with E-state index in [4.69, 9.17) is 28.4 Å². The van der Waals surface area contributed by atoms with Gasteiger partial charge in [0.15, 0.2) is 12.1 Å². The van der Waals surface area contributed by atoms with E-state index >= 15 is 0 Å².